The molecule has 6 nitrogen and oxygen atoms in total. The maximum Gasteiger partial charge on any atom is 0.310 e. The molecule has 0 aliphatic carbocycles. The van der Waals surface area contributed by atoms with E-state index in [-0.39, 0.29) is 17.2 Å². The molecule has 0 bridgehead atoms. The summed E-state index contributed by atoms with van der Waals surface area (Å²) in [6.45, 7) is 4.82. The van der Waals surface area contributed by atoms with Crippen LogP contribution < -0.4 is 5.32 Å². The van der Waals surface area contributed by atoms with Crippen molar-refractivity contribution in [1.29, 1.82) is 0 Å². The first-order valence-electron chi connectivity index (χ1n) is 8.56. The fourth-order valence-electron chi connectivity index (χ4n) is 2.49. The van der Waals surface area contributed by atoms with Crippen LogP contribution >= 0.6 is 0 Å². The van der Waals surface area contributed by atoms with Crippen molar-refractivity contribution in [3.8, 4) is 0 Å². The Morgan fingerprint density at radius 1 is 1.04 bits per heavy atom. The zero-order chi connectivity index (χ0) is 20.2. The number of carboxylic acids is 1. The van der Waals surface area contributed by atoms with Crippen molar-refractivity contribution in [2.45, 2.75) is 43.3 Å². The Balaban J connectivity index is 2.06. The highest BCUT2D eigenvalue weighted by Crippen LogP contribution is 2.20. The number of rotatable bonds is 7. The van der Waals surface area contributed by atoms with Crippen LogP contribution in [0.25, 0.3) is 0 Å². The minimum absolute atomic E-state index is 0.0840. The predicted octanol–water partition coefficient (Wildman–Crippen LogP) is 3.24. The predicted molar refractivity (Wildman–Crippen MR) is 104 cm³/mol. The summed E-state index contributed by atoms with van der Waals surface area (Å²) in [6, 6.07) is 13.0. The van der Waals surface area contributed by atoms with Gasteiger partial charge >= 0.3 is 5.97 Å². The molecule has 0 aliphatic rings. The zero-order valence-electron chi connectivity index (χ0n) is 15.5. The number of nitrogens with one attached hydrogen (secondary N) is 1. The summed E-state index contributed by atoms with van der Waals surface area (Å²) in [6.07, 6.45) is 0.0840. The number of carboxylic acid groups (broad SMARTS) is 1. The Morgan fingerprint density at radius 3 is 2.22 bits per heavy atom. The van der Waals surface area contributed by atoms with Crippen LogP contribution in [0.4, 0.5) is 5.69 Å². The normalized spacial score (nSPS) is 12.6. The first kappa shape index (κ1) is 20.6. The number of aliphatic carboxylic acids is 1. The van der Waals surface area contributed by atoms with Crippen molar-refractivity contribution in [2.75, 3.05) is 5.32 Å². The molecular formula is C20H23NO5S. The highest BCUT2D eigenvalue weighted by molar-refractivity contribution is 7.92. The Kier molecular flexibility index (Phi) is 6.38. The van der Waals surface area contributed by atoms with Crippen molar-refractivity contribution in [3.63, 3.8) is 0 Å². The third-order valence-corrected chi connectivity index (χ3v) is 6.45. The van der Waals surface area contributed by atoms with Gasteiger partial charge in [0.1, 0.15) is 0 Å². The maximum absolute atomic E-state index is 12.2. The van der Waals surface area contributed by atoms with E-state index >= 15 is 0 Å². The van der Waals surface area contributed by atoms with Gasteiger partial charge in [0.25, 0.3) is 0 Å². The van der Waals surface area contributed by atoms with E-state index in [9.17, 15) is 18.0 Å². The first-order valence-corrected chi connectivity index (χ1v) is 10.1. The van der Waals surface area contributed by atoms with E-state index in [0.717, 1.165) is 0 Å². The van der Waals surface area contributed by atoms with Gasteiger partial charge in [0, 0.05) is 5.69 Å². The van der Waals surface area contributed by atoms with Gasteiger partial charge in [-0.15, -0.1) is 0 Å². The molecule has 1 atom stereocenters. The van der Waals surface area contributed by atoms with Crippen molar-refractivity contribution in [1.82, 2.24) is 0 Å². The minimum atomic E-state index is -3.34. The highest BCUT2D eigenvalue weighted by Gasteiger charge is 2.19. The fraction of sp³-hybridized carbons (Fsp3) is 0.300. The average molecular weight is 389 g/mol. The van der Waals surface area contributed by atoms with E-state index in [1.807, 2.05) is 0 Å². The lowest BCUT2D eigenvalue weighted by molar-refractivity contribution is -0.138. The molecule has 2 N–H and O–H groups in total. The summed E-state index contributed by atoms with van der Waals surface area (Å²) < 4.78 is 24.2. The summed E-state index contributed by atoms with van der Waals surface area (Å²) in [5.41, 5.74) is 1.80. The SMILES string of the molecule is CC(C)S(=O)(=O)c1ccc(CC(=O)Nc2cccc([C@@H](C)C(=O)O)c2)cc1. The summed E-state index contributed by atoms with van der Waals surface area (Å²) >= 11 is 0. The number of hydrogen-bond donors (Lipinski definition) is 2. The molecule has 0 radical (unpaired) electrons. The molecule has 0 spiro atoms. The van der Waals surface area contributed by atoms with Gasteiger partial charge in [0.05, 0.1) is 22.5 Å². The number of anilines is 1. The van der Waals surface area contributed by atoms with E-state index in [2.05, 4.69) is 5.32 Å². The molecule has 7 heteroatoms. The lowest BCUT2D eigenvalue weighted by Gasteiger charge is -2.11. The molecule has 0 unspecified atom stereocenters. The van der Waals surface area contributed by atoms with Gasteiger partial charge in [-0.25, -0.2) is 8.42 Å². The van der Waals surface area contributed by atoms with Crippen LogP contribution in [0.2, 0.25) is 0 Å². The van der Waals surface area contributed by atoms with E-state index in [4.69, 9.17) is 5.11 Å². The Labute approximate surface area is 159 Å². The van der Waals surface area contributed by atoms with Crippen molar-refractivity contribution >= 4 is 27.4 Å². The Bertz CT molecular complexity index is 933. The Hall–Kier alpha value is -2.67. The van der Waals surface area contributed by atoms with Crippen LogP contribution in [-0.4, -0.2) is 30.7 Å². The van der Waals surface area contributed by atoms with Crippen molar-refractivity contribution in [2.24, 2.45) is 0 Å². The van der Waals surface area contributed by atoms with Crippen LogP contribution in [-0.2, 0) is 25.8 Å². The van der Waals surface area contributed by atoms with Crippen LogP contribution in [0, 0.1) is 0 Å². The molecule has 0 saturated carbocycles. The van der Waals surface area contributed by atoms with Gasteiger partial charge in [-0.05, 0) is 56.2 Å². The third kappa shape index (κ3) is 5.17. The van der Waals surface area contributed by atoms with Crippen molar-refractivity contribution in [3.05, 3.63) is 59.7 Å². The van der Waals surface area contributed by atoms with E-state index in [1.165, 1.54) is 12.1 Å². The number of benzene rings is 2. The number of amides is 1. The second-order valence-corrected chi connectivity index (χ2v) is 9.15. The molecule has 0 heterocycles. The van der Waals surface area contributed by atoms with Gasteiger partial charge in [-0.3, -0.25) is 9.59 Å². The third-order valence-electron chi connectivity index (χ3n) is 4.28. The van der Waals surface area contributed by atoms with Gasteiger partial charge < -0.3 is 10.4 Å². The molecule has 0 aliphatic heterocycles. The van der Waals surface area contributed by atoms with Crippen LogP contribution in [0.1, 0.15) is 37.8 Å². The number of sulfone groups is 1. The molecule has 2 aromatic carbocycles. The molecule has 144 valence electrons. The maximum atomic E-state index is 12.2. The Morgan fingerprint density at radius 2 is 1.67 bits per heavy atom. The van der Waals surface area contributed by atoms with Gasteiger partial charge in [-0.2, -0.15) is 0 Å². The second kappa shape index (κ2) is 8.35. The van der Waals surface area contributed by atoms with E-state index in [0.29, 0.717) is 16.8 Å². The summed E-state index contributed by atoms with van der Waals surface area (Å²) in [7, 11) is -3.34. The molecule has 2 aromatic rings. The summed E-state index contributed by atoms with van der Waals surface area (Å²) in [5, 5.41) is 11.3. The lowest BCUT2D eigenvalue weighted by Crippen LogP contribution is -2.16. The first-order chi connectivity index (χ1) is 12.6. The smallest absolute Gasteiger partial charge is 0.310 e. The molecule has 0 fully saturated rings. The number of hydrogen-bond acceptors (Lipinski definition) is 4. The molecule has 0 saturated heterocycles. The summed E-state index contributed by atoms with van der Waals surface area (Å²) in [4.78, 5) is 23.6. The largest absolute Gasteiger partial charge is 0.481 e. The quantitative estimate of drug-likeness (QED) is 0.757. The summed E-state index contributed by atoms with van der Waals surface area (Å²) in [5.74, 6) is -1.87. The minimum Gasteiger partial charge on any atom is -0.481 e. The van der Waals surface area contributed by atoms with Crippen molar-refractivity contribution < 1.29 is 23.1 Å². The monoisotopic (exact) mass is 389 g/mol. The fourth-order valence-corrected chi connectivity index (χ4v) is 3.55. The zero-order valence-corrected chi connectivity index (χ0v) is 16.3. The molecule has 1 amide bonds. The topological polar surface area (TPSA) is 101 Å². The molecular weight excluding hydrogens is 366 g/mol. The number of carbonyl (C=O) groups is 2. The molecule has 2 rings (SSSR count). The van der Waals surface area contributed by atoms with E-state index in [1.54, 1.807) is 57.2 Å². The highest BCUT2D eigenvalue weighted by atomic mass is 32.2. The number of carbonyl (C=O) groups excluding carboxylic acids is 1. The van der Waals surface area contributed by atoms with Crippen LogP contribution in [0.15, 0.2) is 53.4 Å². The van der Waals surface area contributed by atoms with E-state index < -0.39 is 27.0 Å². The van der Waals surface area contributed by atoms with Gasteiger partial charge in [0.15, 0.2) is 9.84 Å². The average Bonchev–Trinajstić information content (AvgIpc) is 2.61. The van der Waals surface area contributed by atoms with Crippen LogP contribution in [0.3, 0.4) is 0 Å². The standard InChI is InChI=1S/C20H23NO5S/c1-13(2)27(25,26)18-9-7-15(8-10-18)11-19(22)21-17-6-4-5-16(12-17)14(3)20(23)24/h4-10,12-14H,11H2,1-3H3,(H,21,22)(H,23,24)/t14-/m1/s1. The molecule has 0 aromatic heterocycles. The molecule has 27 heavy (non-hydrogen) atoms. The van der Waals surface area contributed by atoms with Gasteiger partial charge in [-0.1, -0.05) is 24.3 Å². The van der Waals surface area contributed by atoms with Gasteiger partial charge in [0.2, 0.25) is 5.91 Å². The van der Waals surface area contributed by atoms with Crippen LogP contribution in [0.5, 0.6) is 0 Å². The lowest BCUT2D eigenvalue weighted by atomic mass is 10.0. The second-order valence-electron chi connectivity index (χ2n) is 6.65.